The number of furan rings is 2. The maximum Gasteiger partial charge on any atom is 0.268 e. The quantitative estimate of drug-likeness (QED) is 0.0486. The van der Waals surface area contributed by atoms with Crippen molar-refractivity contribution in [3.05, 3.63) is 298 Å². The molecule has 8 amide bonds. The summed E-state index contributed by atoms with van der Waals surface area (Å²) in [5.74, 6) is 2.84. The first kappa shape index (κ1) is 94.9. The van der Waals surface area contributed by atoms with E-state index in [1.165, 1.54) is 69.7 Å². The normalized spacial score (nSPS) is 21.1. The van der Waals surface area contributed by atoms with Crippen LogP contribution in [0.3, 0.4) is 0 Å². The Balaban J connectivity index is 0.000000113. The van der Waals surface area contributed by atoms with Crippen molar-refractivity contribution in [3.8, 4) is 42.2 Å². The number of hydrogen-bond acceptors (Lipinski definition) is 20. The van der Waals surface area contributed by atoms with Gasteiger partial charge in [0.25, 0.3) is 23.6 Å². The topological polar surface area (TPSA) is 321 Å². The number of amides is 8. The van der Waals surface area contributed by atoms with E-state index in [1.807, 2.05) is 185 Å². The van der Waals surface area contributed by atoms with Gasteiger partial charge in [0, 0.05) is 126 Å². The number of likely N-dealkylation sites (tertiary alicyclic amines) is 4. The van der Waals surface area contributed by atoms with E-state index in [9.17, 15) is 38.4 Å². The number of carbonyl (C=O) groups is 8. The van der Waals surface area contributed by atoms with E-state index in [1.54, 1.807) is 30.7 Å². The molecule has 12 aromatic heterocycles. The van der Waals surface area contributed by atoms with Gasteiger partial charge in [0.2, 0.25) is 47.4 Å². The lowest BCUT2D eigenvalue weighted by Crippen LogP contribution is -2.42. The molecule has 143 heavy (non-hydrogen) atoms. The van der Waals surface area contributed by atoms with Gasteiger partial charge in [-0.05, 0) is 276 Å². The van der Waals surface area contributed by atoms with Gasteiger partial charge in [-0.25, -0.2) is 19.9 Å². The molecule has 4 aliphatic carbocycles. The number of thiophene rings is 4. The van der Waals surface area contributed by atoms with Crippen molar-refractivity contribution in [1.82, 2.24) is 67.8 Å². The number of imidazole rings is 4. The molecule has 0 unspecified atom stereocenters. The molecular formula is C109H102Cl2N18O10S4. The van der Waals surface area contributed by atoms with E-state index in [0.29, 0.717) is 58.9 Å². The third-order valence-electron chi connectivity index (χ3n) is 29.4. The highest BCUT2D eigenvalue weighted by molar-refractivity contribution is 7.18. The molecule has 0 atom stereocenters. The van der Waals surface area contributed by atoms with Crippen molar-refractivity contribution < 1.29 is 47.2 Å². The third kappa shape index (κ3) is 18.9. The Labute approximate surface area is 849 Å². The maximum atomic E-state index is 13.3. The van der Waals surface area contributed by atoms with Crippen LogP contribution in [0.15, 0.2) is 266 Å². The molecule has 4 saturated heterocycles. The van der Waals surface area contributed by atoms with Crippen LogP contribution in [0, 0.1) is 28.6 Å². The smallest absolute Gasteiger partial charge is 0.268 e. The molecule has 8 fully saturated rings. The summed E-state index contributed by atoms with van der Waals surface area (Å²) in [6, 6.07) is 58.5. The SMILES string of the molecule is C=CC(=O)N1CCC2(CC(n3c(NC(=O)c4ccc(-c5ccc(C)nc5)s4)nc4ccccc43)C2)C1.C=CC(=O)N1CCC2(CC(n3c(NC(=O)c4ccc(-c5ccc(CC)nc5)s4)nc4ccccc43)C2)C1.C=CC(=O)N1CCC2(CC(n3c(NC(=O)c4ccc(-c5ccco5)s4)nc4c(Cl)cccc43)C2)C1.C=CC(=O)N1CCC2(CC(n3c(NC(=O)c4ccc(-c5ccco5)s4)nc4cc(Cl)ccc43)C2)C1. The monoisotopic (exact) mass is 2020 g/mol. The summed E-state index contributed by atoms with van der Waals surface area (Å²) in [7, 11) is 0. The molecule has 8 aliphatic rings. The Morgan fingerprint density at radius 1 is 0.392 bits per heavy atom. The second kappa shape index (κ2) is 39.2. The van der Waals surface area contributed by atoms with Crippen LogP contribution >= 0.6 is 68.5 Å². The second-order valence-corrected chi connectivity index (χ2v) is 43.7. The van der Waals surface area contributed by atoms with Gasteiger partial charge in [-0.15, -0.1) is 45.3 Å². The van der Waals surface area contributed by atoms with Gasteiger partial charge in [-0.1, -0.05) is 98.9 Å². The number of para-hydroxylation sites is 5. The first-order chi connectivity index (χ1) is 69.3. The first-order valence-electron chi connectivity index (χ1n) is 47.9. The van der Waals surface area contributed by atoms with Crippen LogP contribution in [0.25, 0.3) is 86.3 Å². The zero-order valence-corrected chi connectivity index (χ0v) is 83.4. The standard InChI is InChI=1S/C29H29N5O2S.C28H27N5O2S.2C26H23ClN4O3S/c1-3-20-10-9-19(17-30-20)24-11-12-25(37-24)27(36)32-28-31-22-7-5-6-8-23(22)34(28)21-15-29(16-21)13-14-33(18-29)26(35)4-2;1-3-25(34)32-13-12-28(17-32)14-20(15-28)33-22-7-5-4-6-21(22)30-27(33)31-26(35)24-11-10-23(36-24)19-9-8-18(2)29-16-19;1-2-22(32)30-11-10-26(15-30)13-16(14-26)31-18-6-3-5-17(27)23(18)28-25(31)29-24(33)21-9-8-20(35-21)19-7-4-12-34-19;1-2-23(32)30-10-9-26(15-30)13-17(14-26)31-19-6-5-16(27)12-18(19)28-25(31)29-24(33)22-8-7-21(35-22)20-4-3-11-34-20/h4-12,17,21H,2-3,13-16,18H2,1H3,(H,31,32,36);3-11,16,20H,1,12-15,17H2,2H3,(H,30,31,35);2-9,12,16H,1,10-11,13-15H2,(H,28,29,33);2-8,11-12,17H,1,9-10,13-15H2,(H,28,29,33). The van der Waals surface area contributed by atoms with Gasteiger partial charge in [0.1, 0.15) is 17.0 Å². The predicted molar refractivity (Wildman–Crippen MR) is 562 cm³/mol. The lowest BCUT2D eigenvalue weighted by Gasteiger charge is -2.46. The van der Waals surface area contributed by atoms with E-state index in [4.69, 9.17) is 52.0 Å². The van der Waals surface area contributed by atoms with Crippen LogP contribution in [0.2, 0.25) is 10.0 Å². The van der Waals surface area contributed by atoms with E-state index in [2.05, 4.69) is 101 Å². The molecular weight excluding hydrogens is 1920 g/mol. The third-order valence-corrected chi connectivity index (χ3v) is 34.4. The minimum Gasteiger partial charge on any atom is -0.464 e. The van der Waals surface area contributed by atoms with Crippen molar-refractivity contribution >= 4 is 184 Å². The predicted octanol–water partition coefficient (Wildman–Crippen LogP) is 23.2. The number of aryl methyl sites for hydroxylation is 2. The Morgan fingerprint density at radius 2 is 0.748 bits per heavy atom. The highest BCUT2D eigenvalue weighted by Crippen LogP contribution is 2.60. The summed E-state index contributed by atoms with van der Waals surface area (Å²) in [6.45, 7) is 24.6. The summed E-state index contributed by atoms with van der Waals surface area (Å²) < 4.78 is 19.5. The van der Waals surface area contributed by atoms with Crippen LogP contribution in [-0.2, 0) is 25.6 Å². The molecule has 28 nitrogen and oxygen atoms in total. The molecule has 4 spiro atoms. The van der Waals surface area contributed by atoms with Gasteiger partial charge < -0.3 is 46.7 Å². The van der Waals surface area contributed by atoms with E-state index in [0.717, 1.165) is 228 Å². The van der Waals surface area contributed by atoms with Crippen LogP contribution in [0.4, 0.5) is 23.8 Å². The van der Waals surface area contributed by atoms with Crippen molar-refractivity contribution in [2.75, 3.05) is 73.6 Å². The number of anilines is 4. The molecule has 4 aliphatic heterocycles. The van der Waals surface area contributed by atoms with Crippen LogP contribution in [0.5, 0.6) is 0 Å². The number of fused-ring (bicyclic) bond motifs is 4. The second-order valence-electron chi connectivity index (χ2n) is 38.6. The van der Waals surface area contributed by atoms with Crippen molar-refractivity contribution in [3.63, 3.8) is 0 Å². The van der Waals surface area contributed by atoms with Gasteiger partial charge in [-0.2, -0.15) is 0 Å². The lowest BCUT2D eigenvalue weighted by atomic mass is 9.64. The number of pyridine rings is 2. The number of nitrogens with zero attached hydrogens (tertiary/aromatic N) is 14. The lowest BCUT2D eigenvalue weighted by molar-refractivity contribution is -0.126. The molecule has 16 heterocycles. The van der Waals surface area contributed by atoms with Gasteiger partial charge in [-0.3, -0.25) is 69.6 Å². The van der Waals surface area contributed by atoms with E-state index in [-0.39, 0.29) is 93.1 Å². The number of nitrogens with one attached hydrogen (secondary N) is 4. The minimum atomic E-state index is -0.224. The molecule has 16 aromatic rings. The van der Waals surface area contributed by atoms with Crippen LogP contribution < -0.4 is 21.3 Å². The van der Waals surface area contributed by atoms with Crippen LogP contribution in [0.1, 0.15) is 158 Å². The van der Waals surface area contributed by atoms with Gasteiger partial charge >= 0.3 is 0 Å². The molecule has 4 N–H and O–H groups in total. The number of benzene rings is 4. The average molecular weight is 2020 g/mol. The van der Waals surface area contributed by atoms with E-state index < -0.39 is 0 Å². The number of rotatable bonds is 21. The fourth-order valence-electron chi connectivity index (χ4n) is 22.2. The Bertz CT molecular complexity index is 7660. The summed E-state index contributed by atoms with van der Waals surface area (Å²) in [6.07, 6.45) is 24.9. The summed E-state index contributed by atoms with van der Waals surface area (Å²) in [5, 5.41) is 13.4. The number of aromatic nitrogens is 10. The molecule has 4 aromatic carbocycles. The minimum absolute atomic E-state index is 0.00749. The largest absolute Gasteiger partial charge is 0.464 e. The van der Waals surface area contributed by atoms with Crippen LogP contribution in [-0.4, -0.2) is 167 Å². The average Bonchev–Trinajstić information content (AvgIpc) is 1.59. The van der Waals surface area contributed by atoms with Crippen molar-refractivity contribution in [2.24, 2.45) is 21.7 Å². The highest BCUT2D eigenvalue weighted by atomic mass is 35.5. The van der Waals surface area contributed by atoms with Gasteiger partial charge in [0.15, 0.2) is 0 Å². The number of carbonyl (C=O) groups excluding carboxylic acids is 8. The fraction of sp³-hybridized carbons (Fsp3) is 0.284. The Morgan fingerprint density at radius 3 is 1.12 bits per heavy atom. The molecule has 24 rings (SSSR count). The van der Waals surface area contributed by atoms with E-state index >= 15 is 0 Å². The fourth-order valence-corrected chi connectivity index (χ4v) is 26.1. The summed E-state index contributed by atoms with van der Waals surface area (Å²) in [4.78, 5) is 143. The zero-order valence-electron chi connectivity index (χ0n) is 78.7. The molecule has 34 heteroatoms. The Kier molecular flexibility index (Phi) is 26.0. The zero-order chi connectivity index (χ0) is 98.7. The molecule has 0 bridgehead atoms. The van der Waals surface area contributed by atoms with Crippen molar-refractivity contribution in [2.45, 2.75) is 121 Å². The molecule has 726 valence electrons. The Hall–Kier alpha value is -14.3. The summed E-state index contributed by atoms with van der Waals surface area (Å²) in [5.41, 5.74) is 11.5. The van der Waals surface area contributed by atoms with Gasteiger partial charge in [0.05, 0.1) is 85.4 Å². The first-order valence-corrected chi connectivity index (χ1v) is 51.9. The highest BCUT2D eigenvalue weighted by Gasteiger charge is 2.55. The number of hydrogen-bond donors (Lipinski definition) is 4. The van der Waals surface area contributed by atoms with Crippen molar-refractivity contribution in [1.29, 1.82) is 0 Å². The number of halogens is 2. The maximum absolute atomic E-state index is 13.3. The molecule has 0 radical (unpaired) electrons. The molecule has 4 saturated carbocycles. The summed E-state index contributed by atoms with van der Waals surface area (Å²) >= 11 is 18.3.